The molecule has 0 saturated carbocycles. The number of rotatable bonds is 7. The molecule has 30 heavy (non-hydrogen) atoms. The maximum absolute atomic E-state index is 12.8. The highest BCUT2D eigenvalue weighted by Gasteiger charge is 2.36. The minimum Gasteiger partial charge on any atom is -0.459 e. The van der Waals surface area contributed by atoms with E-state index in [9.17, 15) is 9.59 Å². The second-order valence-corrected chi connectivity index (χ2v) is 8.22. The Kier molecular flexibility index (Phi) is 6.54. The Morgan fingerprint density at radius 1 is 1.00 bits per heavy atom. The van der Waals surface area contributed by atoms with E-state index in [4.69, 9.17) is 4.42 Å². The molecule has 1 N–H and O–H groups in total. The largest absolute Gasteiger partial charge is 0.459 e. The van der Waals surface area contributed by atoms with E-state index in [1.807, 2.05) is 36.4 Å². The summed E-state index contributed by atoms with van der Waals surface area (Å²) >= 11 is 1.58. The molecule has 1 aliphatic heterocycles. The van der Waals surface area contributed by atoms with Crippen molar-refractivity contribution in [2.45, 2.75) is 18.4 Å². The molecule has 154 valence electrons. The quantitative estimate of drug-likeness (QED) is 0.624. The molecule has 1 atom stereocenters. The SMILES string of the molecule is O=C(NCCC(c1ccccc1)c1ccccc1)C1CSCN1C(=O)c1ccco1. The molecular weight excluding hydrogens is 396 g/mol. The van der Waals surface area contributed by atoms with Crippen LogP contribution in [-0.4, -0.2) is 40.9 Å². The molecule has 1 aliphatic rings. The smallest absolute Gasteiger partial charge is 0.290 e. The summed E-state index contributed by atoms with van der Waals surface area (Å²) in [6.07, 6.45) is 2.25. The summed E-state index contributed by atoms with van der Waals surface area (Å²) in [6.45, 7) is 0.539. The lowest BCUT2D eigenvalue weighted by atomic mass is 9.88. The van der Waals surface area contributed by atoms with Crippen LogP contribution in [-0.2, 0) is 4.79 Å². The van der Waals surface area contributed by atoms with Gasteiger partial charge in [-0.2, -0.15) is 0 Å². The van der Waals surface area contributed by atoms with Gasteiger partial charge in [-0.05, 0) is 29.7 Å². The van der Waals surface area contributed by atoms with Gasteiger partial charge in [0.15, 0.2) is 5.76 Å². The normalized spacial score (nSPS) is 16.0. The van der Waals surface area contributed by atoms with E-state index < -0.39 is 6.04 Å². The Morgan fingerprint density at radius 2 is 1.67 bits per heavy atom. The zero-order valence-corrected chi connectivity index (χ0v) is 17.4. The van der Waals surface area contributed by atoms with Crippen LogP contribution in [0, 0.1) is 0 Å². The second kappa shape index (κ2) is 9.67. The standard InChI is InChI=1S/C24H24N2O3S/c27-23(21-16-30-17-26(21)24(28)22-12-7-15-29-22)25-14-13-20(18-8-3-1-4-9-18)19-10-5-2-6-11-19/h1-12,15,20-21H,13-14,16-17H2,(H,25,27). The van der Waals surface area contributed by atoms with E-state index in [2.05, 4.69) is 29.6 Å². The van der Waals surface area contributed by atoms with Crippen LogP contribution >= 0.6 is 11.8 Å². The Labute approximate surface area is 180 Å². The molecule has 2 heterocycles. The number of thioether (sulfide) groups is 1. The van der Waals surface area contributed by atoms with Crippen LogP contribution in [0.1, 0.15) is 34.0 Å². The number of nitrogens with one attached hydrogen (secondary N) is 1. The molecule has 2 amide bonds. The van der Waals surface area contributed by atoms with Crippen LogP contribution in [0.3, 0.4) is 0 Å². The summed E-state index contributed by atoms with van der Waals surface area (Å²) in [5.41, 5.74) is 2.45. The lowest BCUT2D eigenvalue weighted by Crippen LogP contribution is -2.47. The third-order valence-electron chi connectivity index (χ3n) is 5.31. The van der Waals surface area contributed by atoms with E-state index in [1.165, 1.54) is 17.4 Å². The first kappa shape index (κ1) is 20.3. The second-order valence-electron chi connectivity index (χ2n) is 7.22. The van der Waals surface area contributed by atoms with Crippen LogP contribution in [0.15, 0.2) is 83.5 Å². The number of hydrogen-bond donors (Lipinski definition) is 1. The number of benzene rings is 2. The number of carbonyl (C=O) groups excluding carboxylic acids is 2. The van der Waals surface area contributed by atoms with E-state index in [1.54, 1.807) is 28.8 Å². The predicted molar refractivity (Wildman–Crippen MR) is 118 cm³/mol. The number of carbonyl (C=O) groups is 2. The van der Waals surface area contributed by atoms with Crippen molar-refractivity contribution in [1.82, 2.24) is 10.2 Å². The van der Waals surface area contributed by atoms with Crippen molar-refractivity contribution in [3.63, 3.8) is 0 Å². The molecule has 6 heteroatoms. The molecule has 1 fully saturated rings. The minimum absolute atomic E-state index is 0.111. The first-order valence-electron chi connectivity index (χ1n) is 10.0. The summed E-state index contributed by atoms with van der Waals surface area (Å²) < 4.78 is 5.21. The molecule has 3 aromatic rings. The number of amides is 2. The van der Waals surface area contributed by atoms with Crippen molar-refractivity contribution in [2.75, 3.05) is 18.2 Å². The van der Waals surface area contributed by atoms with Gasteiger partial charge < -0.3 is 14.6 Å². The van der Waals surface area contributed by atoms with Gasteiger partial charge in [-0.25, -0.2) is 0 Å². The number of hydrogen-bond acceptors (Lipinski definition) is 4. The summed E-state index contributed by atoms with van der Waals surface area (Å²) in [4.78, 5) is 27.0. The molecule has 2 aromatic carbocycles. The van der Waals surface area contributed by atoms with Gasteiger partial charge >= 0.3 is 0 Å². The third kappa shape index (κ3) is 4.60. The van der Waals surface area contributed by atoms with Crippen LogP contribution < -0.4 is 5.32 Å². The lowest BCUT2D eigenvalue weighted by Gasteiger charge is -2.23. The van der Waals surface area contributed by atoms with Gasteiger partial charge in [0.25, 0.3) is 5.91 Å². The highest BCUT2D eigenvalue weighted by molar-refractivity contribution is 7.99. The molecular formula is C24H24N2O3S. The fourth-order valence-electron chi connectivity index (χ4n) is 3.76. The van der Waals surface area contributed by atoms with Crippen molar-refractivity contribution in [3.05, 3.63) is 95.9 Å². The highest BCUT2D eigenvalue weighted by Crippen LogP contribution is 2.28. The van der Waals surface area contributed by atoms with Gasteiger partial charge in [-0.3, -0.25) is 9.59 Å². The first-order valence-corrected chi connectivity index (χ1v) is 11.2. The summed E-state index contributed by atoms with van der Waals surface area (Å²) in [5, 5.41) is 3.05. The highest BCUT2D eigenvalue weighted by atomic mass is 32.2. The Morgan fingerprint density at radius 3 is 2.27 bits per heavy atom. The maximum Gasteiger partial charge on any atom is 0.290 e. The zero-order valence-electron chi connectivity index (χ0n) is 16.6. The van der Waals surface area contributed by atoms with Crippen molar-refractivity contribution >= 4 is 23.6 Å². The molecule has 5 nitrogen and oxygen atoms in total. The van der Waals surface area contributed by atoms with Crippen molar-refractivity contribution < 1.29 is 14.0 Å². The lowest BCUT2D eigenvalue weighted by molar-refractivity contribution is -0.124. The molecule has 1 saturated heterocycles. The number of furan rings is 1. The van der Waals surface area contributed by atoms with Gasteiger partial charge in [0.2, 0.25) is 5.91 Å². The average Bonchev–Trinajstić information content (AvgIpc) is 3.50. The Hall–Kier alpha value is -2.99. The van der Waals surface area contributed by atoms with E-state index in [-0.39, 0.29) is 23.5 Å². The van der Waals surface area contributed by atoms with Gasteiger partial charge in [-0.1, -0.05) is 60.7 Å². The molecule has 0 aliphatic carbocycles. The van der Waals surface area contributed by atoms with Crippen LogP contribution in [0.2, 0.25) is 0 Å². The average molecular weight is 421 g/mol. The summed E-state index contributed by atoms with van der Waals surface area (Å²) in [6, 6.07) is 23.5. The molecule has 4 rings (SSSR count). The molecule has 0 radical (unpaired) electrons. The summed E-state index contributed by atoms with van der Waals surface area (Å²) in [7, 11) is 0. The predicted octanol–water partition coefficient (Wildman–Crippen LogP) is 4.13. The van der Waals surface area contributed by atoms with Crippen LogP contribution in [0.25, 0.3) is 0 Å². The monoisotopic (exact) mass is 420 g/mol. The maximum atomic E-state index is 12.8. The third-order valence-corrected chi connectivity index (χ3v) is 6.33. The van der Waals surface area contributed by atoms with Crippen LogP contribution in [0.5, 0.6) is 0 Å². The van der Waals surface area contributed by atoms with Gasteiger partial charge in [0, 0.05) is 18.2 Å². The summed E-state index contributed by atoms with van der Waals surface area (Å²) in [5.74, 6) is 1.21. The number of nitrogens with zero attached hydrogens (tertiary/aromatic N) is 1. The minimum atomic E-state index is -0.473. The molecule has 1 aromatic heterocycles. The van der Waals surface area contributed by atoms with Crippen molar-refractivity contribution in [1.29, 1.82) is 0 Å². The van der Waals surface area contributed by atoms with E-state index in [0.29, 0.717) is 18.2 Å². The Bertz CT molecular complexity index is 921. The van der Waals surface area contributed by atoms with Crippen molar-refractivity contribution in [3.8, 4) is 0 Å². The van der Waals surface area contributed by atoms with Gasteiger partial charge in [-0.15, -0.1) is 11.8 Å². The molecule has 1 unspecified atom stereocenters. The van der Waals surface area contributed by atoms with Gasteiger partial charge in [0.1, 0.15) is 6.04 Å². The fraction of sp³-hybridized carbons (Fsp3) is 0.250. The van der Waals surface area contributed by atoms with E-state index in [0.717, 1.165) is 6.42 Å². The molecule has 0 spiro atoms. The van der Waals surface area contributed by atoms with E-state index >= 15 is 0 Å². The van der Waals surface area contributed by atoms with Crippen molar-refractivity contribution in [2.24, 2.45) is 0 Å². The zero-order chi connectivity index (χ0) is 20.8. The topological polar surface area (TPSA) is 62.6 Å². The molecule has 0 bridgehead atoms. The van der Waals surface area contributed by atoms with Crippen LogP contribution in [0.4, 0.5) is 0 Å². The van der Waals surface area contributed by atoms with Gasteiger partial charge in [0.05, 0.1) is 12.1 Å². The fourth-order valence-corrected chi connectivity index (χ4v) is 4.91. The Balaban J connectivity index is 1.39. The first-order chi connectivity index (χ1) is 14.7.